The normalized spacial score (nSPS) is 26.7. The Morgan fingerprint density at radius 3 is 2.83 bits per heavy atom. The van der Waals surface area contributed by atoms with Gasteiger partial charge in [-0.2, -0.15) is 0 Å². The third-order valence-corrected chi connectivity index (χ3v) is 3.66. The molecular weight excluding hydrogens is 226 g/mol. The average molecular weight is 249 g/mol. The van der Waals surface area contributed by atoms with Crippen molar-refractivity contribution >= 4 is 0 Å². The minimum Gasteiger partial charge on any atom is -0.277 e. The highest BCUT2D eigenvalue weighted by Crippen LogP contribution is 2.22. The summed E-state index contributed by atoms with van der Waals surface area (Å²) in [5, 5.41) is 17.4. The first-order valence-corrected chi connectivity index (χ1v) is 7.16. The molecule has 2 aliphatic heterocycles. The second kappa shape index (κ2) is 7.95. The first-order valence-electron chi connectivity index (χ1n) is 7.16. The molecule has 5 heteroatoms. The number of hydrogen-bond donors (Lipinski definition) is 0. The number of piperidine rings is 1. The molecule has 0 aromatic heterocycles. The molecule has 0 aromatic carbocycles. The van der Waals surface area contributed by atoms with E-state index in [0.717, 1.165) is 25.4 Å². The maximum atomic E-state index is 4.12. The van der Waals surface area contributed by atoms with Crippen molar-refractivity contribution in [3.05, 3.63) is 12.3 Å². The summed E-state index contributed by atoms with van der Waals surface area (Å²) in [5.41, 5.74) is 0. The van der Waals surface area contributed by atoms with Gasteiger partial charge in [0.05, 0.1) is 0 Å². The van der Waals surface area contributed by atoms with Crippen LogP contribution in [0.4, 0.5) is 0 Å². The predicted octanol–water partition coefficient (Wildman–Crippen LogP) is 4.30. The Balaban J connectivity index is 1.89. The Bertz CT molecular complexity index is 311. The first-order chi connectivity index (χ1) is 8.95. The van der Waals surface area contributed by atoms with Crippen molar-refractivity contribution in [2.24, 2.45) is 26.7 Å². The largest absolute Gasteiger partial charge is 0.277 e. The minimum atomic E-state index is 0.790. The summed E-state index contributed by atoms with van der Waals surface area (Å²) in [6.45, 7) is 2.04. The molecule has 100 valence electrons. The summed E-state index contributed by atoms with van der Waals surface area (Å²) in [7, 11) is 0. The molecule has 2 rings (SSSR count). The van der Waals surface area contributed by atoms with Crippen molar-refractivity contribution < 1.29 is 0 Å². The molecule has 1 unspecified atom stereocenters. The van der Waals surface area contributed by atoms with Gasteiger partial charge < -0.3 is 0 Å². The predicted molar refractivity (Wildman–Crippen MR) is 70.9 cm³/mol. The summed E-state index contributed by atoms with van der Waals surface area (Å²) in [4.78, 5) is 0. The summed E-state index contributed by atoms with van der Waals surface area (Å²) >= 11 is 0. The van der Waals surface area contributed by atoms with Crippen LogP contribution in [0.2, 0.25) is 0 Å². The van der Waals surface area contributed by atoms with Crippen molar-refractivity contribution in [1.29, 1.82) is 0 Å². The van der Waals surface area contributed by atoms with Crippen molar-refractivity contribution in [3.8, 4) is 0 Å². The second-order valence-corrected chi connectivity index (χ2v) is 5.18. The van der Waals surface area contributed by atoms with E-state index < -0.39 is 0 Å². The first kappa shape index (κ1) is 13.2. The lowest BCUT2D eigenvalue weighted by molar-refractivity contribution is 0.160. The smallest absolute Gasteiger partial charge is 0.0474 e. The third-order valence-electron chi connectivity index (χ3n) is 3.66. The van der Waals surface area contributed by atoms with E-state index in [-0.39, 0.29) is 0 Å². The van der Waals surface area contributed by atoms with E-state index in [2.05, 4.69) is 26.9 Å². The third kappa shape index (κ3) is 4.94. The minimum absolute atomic E-state index is 0.790. The van der Waals surface area contributed by atoms with Crippen LogP contribution in [0.3, 0.4) is 0 Å². The topological polar surface area (TPSA) is 52.7 Å². The molecular formula is C13H23N5. The van der Waals surface area contributed by atoms with Gasteiger partial charge in [-0.05, 0) is 53.7 Å². The number of rotatable bonds is 0. The van der Waals surface area contributed by atoms with Crippen LogP contribution in [-0.4, -0.2) is 18.1 Å². The van der Waals surface area contributed by atoms with Crippen molar-refractivity contribution in [2.75, 3.05) is 13.1 Å². The number of allylic oxidation sites excluding steroid dienone is 1. The average Bonchev–Trinajstić information content (AvgIpc) is 2.40. The number of hydrogen-bond acceptors (Lipinski definition) is 5. The zero-order valence-corrected chi connectivity index (χ0v) is 11.0. The van der Waals surface area contributed by atoms with Gasteiger partial charge >= 0.3 is 0 Å². The molecule has 2 heterocycles. The Morgan fingerprint density at radius 2 is 1.83 bits per heavy atom. The van der Waals surface area contributed by atoms with Gasteiger partial charge in [0.1, 0.15) is 0 Å². The van der Waals surface area contributed by atoms with Crippen LogP contribution in [0, 0.1) is 5.92 Å². The van der Waals surface area contributed by atoms with Gasteiger partial charge in [0.2, 0.25) is 0 Å². The molecule has 0 aromatic rings. The molecule has 1 atom stereocenters. The molecule has 2 bridgehead atoms. The highest BCUT2D eigenvalue weighted by molar-refractivity contribution is 4.77. The molecule has 0 aliphatic carbocycles. The lowest BCUT2D eigenvalue weighted by Crippen LogP contribution is -2.31. The van der Waals surface area contributed by atoms with Crippen molar-refractivity contribution in [3.63, 3.8) is 0 Å². The highest BCUT2D eigenvalue weighted by Gasteiger charge is 2.18. The summed E-state index contributed by atoms with van der Waals surface area (Å²) in [5.74, 6) is 0.790. The van der Waals surface area contributed by atoms with E-state index in [1.807, 2.05) is 5.01 Å². The van der Waals surface area contributed by atoms with Gasteiger partial charge in [-0.15, -0.1) is 5.11 Å². The summed E-state index contributed by atoms with van der Waals surface area (Å²) < 4.78 is 0. The van der Waals surface area contributed by atoms with Crippen LogP contribution < -0.4 is 0 Å². The standard InChI is InChI=1S/C13H23N5/c1-2-4-6-10-14-15-16-17-18-11-7-9-13(12-18)8-5-3-1/h6,10,13H,1-5,7-9,11-12H2. The van der Waals surface area contributed by atoms with Crippen LogP contribution in [0.5, 0.6) is 0 Å². The van der Waals surface area contributed by atoms with Gasteiger partial charge in [-0.3, -0.25) is 5.01 Å². The van der Waals surface area contributed by atoms with E-state index in [1.165, 1.54) is 44.9 Å². The lowest BCUT2D eigenvalue weighted by Gasteiger charge is -2.29. The molecule has 5 nitrogen and oxygen atoms in total. The SMILES string of the molecule is C1=CN=NN=NN2CCCC(CCCCCC1)C2. The summed E-state index contributed by atoms with van der Waals surface area (Å²) in [6.07, 6.45) is 14.1. The zero-order valence-electron chi connectivity index (χ0n) is 11.0. The number of nitrogens with zero attached hydrogens (tertiary/aromatic N) is 5. The monoisotopic (exact) mass is 249 g/mol. The van der Waals surface area contributed by atoms with Gasteiger partial charge in [-0.25, -0.2) is 0 Å². The zero-order chi connectivity index (χ0) is 12.5. The maximum Gasteiger partial charge on any atom is 0.0474 e. The van der Waals surface area contributed by atoms with E-state index in [9.17, 15) is 0 Å². The van der Waals surface area contributed by atoms with Gasteiger partial charge in [0.25, 0.3) is 0 Å². The molecule has 1 saturated heterocycles. The fraction of sp³-hybridized carbons (Fsp3) is 0.846. The van der Waals surface area contributed by atoms with Crippen LogP contribution in [0.1, 0.15) is 51.4 Å². The van der Waals surface area contributed by atoms with Crippen LogP contribution in [0.15, 0.2) is 33.1 Å². The molecule has 18 heavy (non-hydrogen) atoms. The van der Waals surface area contributed by atoms with Crippen LogP contribution in [-0.2, 0) is 0 Å². The lowest BCUT2D eigenvalue weighted by atomic mass is 9.93. The van der Waals surface area contributed by atoms with Crippen LogP contribution in [0.25, 0.3) is 0 Å². The van der Waals surface area contributed by atoms with E-state index in [0.29, 0.717) is 0 Å². The van der Waals surface area contributed by atoms with Gasteiger partial charge in [-0.1, -0.05) is 25.3 Å². The second-order valence-electron chi connectivity index (χ2n) is 5.18. The molecule has 0 amide bonds. The highest BCUT2D eigenvalue weighted by atomic mass is 15.6. The number of fused-ring (bicyclic) bond motifs is 2. The van der Waals surface area contributed by atoms with E-state index >= 15 is 0 Å². The maximum absolute atomic E-state index is 4.12. The molecule has 1 fully saturated rings. The Morgan fingerprint density at radius 1 is 0.944 bits per heavy atom. The summed E-state index contributed by atoms with van der Waals surface area (Å²) in [6, 6.07) is 0. The quantitative estimate of drug-likeness (QED) is 0.631. The Kier molecular flexibility index (Phi) is 5.82. The fourth-order valence-corrected chi connectivity index (χ4v) is 2.66. The molecule has 0 radical (unpaired) electrons. The molecule has 2 aliphatic rings. The molecule has 0 spiro atoms. The van der Waals surface area contributed by atoms with E-state index in [4.69, 9.17) is 0 Å². The Hall–Kier alpha value is -1.26. The van der Waals surface area contributed by atoms with Gasteiger partial charge in [0, 0.05) is 19.3 Å². The van der Waals surface area contributed by atoms with E-state index in [1.54, 1.807) is 6.20 Å². The Labute approximate surface area is 109 Å². The van der Waals surface area contributed by atoms with Gasteiger partial charge in [0.15, 0.2) is 0 Å². The fourth-order valence-electron chi connectivity index (χ4n) is 2.66. The van der Waals surface area contributed by atoms with Crippen LogP contribution >= 0.6 is 0 Å². The molecule has 0 N–H and O–H groups in total. The van der Waals surface area contributed by atoms with Crippen molar-refractivity contribution in [2.45, 2.75) is 51.4 Å². The van der Waals surface area contributed by atoms with Crippen molar-refractivity contribution in [1.82, 2.24) is 5.01 Å². The molecule has 0 saturated carbocycles.